The summed E-state index contributed by atoms with van der Waals surface area (Å²) in [4.78, 5) is 27.8. The van der Waals surface area contributed by atoms with Crippen molar-refractivity contribution in [2.24, 2.45) is 0 Å². The Kier molecular flexibility index (Phi) is 6.86. The van der Waals surface area contributed by atoms with E-state index >= 15 is 4.39 Å². The second-order valence-electron chi connectivity index (χ2n) is 9.74. The highest BCUT2D eigenvalue weighted by Gasteiger charge is 2.47. The number of hydrogen-bond donors (Lipinski definition) is 1. The molecule has 3 aromatic carbocycles. The van der Waals surface area contributed by atoms with Gasteiger partial charge in [-0.1, -0.05) is 39.0 Å². The molecule has 0 saturated carbocycles. The number of Topliss-reactive ketones (excluding diaryl/α,β-unsaturated/α-hetero) is 1. The predicted molar refractivity (Wildman–Crippen MR) is 139 cm³/mol. The van der Waals surface area contributed by atoms with Gasteiger partial charge >= 0.3 is 0 Å². The first-order valence-electron chi connectivity index (χ1n) is 11.9. The van der Waals surface area contributed by atoms with E-state index in [9.17, 15) is 14.7 Å². The highest BCUT2D eigenvalue weighted by atomic mass is 19.1. The van der Waals surface area contributed by atoms with Crippen LogP contribution in [0.4, 0.5) is 10.1 Å². The molecule has 188 valence electrons. The molecule has 1 atom stereocenters. The van der Waals surface area contributed by atoms with Gasteiger partial charge in [0.1, 0.15) is 17.3 Å². The van der Waals surface area contributed by atoms with Crippen LogP contribution in [-0.4, -0.2) is 23.4 Å². The highest BCUT2D eigenvalue weighted by molar-refractivity contribution is 6.51. The van der Waals surface area contributed by atoms with Gasteiger partial charge in [-0.3, -0.25) is 14.5 Å². The third-order valence-electron chi connectivity index (χ3n) is 6.28. The fraction of sp³-hybridized carbons (Fsp3) is 0.233. The Morgan fingerprint density at radius 1 is 1.08 bits per heavy atom. The fourth-order valence-corrected chi connectivity index (χ4v) is 4.49. The van der Waals surface area contributed by atoms with Crippen molar-refractivity contribution in [1.29, 1.82) is 5.26 Å². The topological polar surface area (TPSA) is 90.6 Å². The number of ketones is 1. The number of anilines is 1. The Bertz CT molecular complexity index is 1450. The lowest BCUT2D eigenvalue weighted by Crippen LogP contribution is -2.29. The van der Waals surface area contributed by atoms with Crippen molar-refractivity contribution < 1.29 is 23.8 Å². The van der Waals surface area contributed by atoms with Crippen LogP contribution in [0.2, 0.25) is 0 Å². The second kappa shape index (κ2) is 9.90. The van der Waals surface area contributed by atoms with E-state index in [2.05, 4.69) is 0 Å². The van der Waals surface area contributed by atoms with Crippen LogP contribution < -0.4 is 9.64 Å². The number of carbonyl (C=O) groups is 2. The molecule has 0 spiro atoms. The van der Waals surface area contributed by atoms with Gasteiger partial charge in [0.25, 0.3) is 11.7 Å². The lowest BCUT2D eigenvalue weighted by Gasteiger charge is -2.26. The number of amides is 1. The maximum absolute atomic E-state index is 15.1. The van der Waals surface area contributed by atoms with Crippen LogP contribution in [-0.2, 0) is 15.0 Å². The predicted octanol–water partition coefficient (Wildman–Crippen LogP) is 6.02. The summed E-state index contributed by atoms with van der Waals surface area (Å²) < 4.78 is 20.8. The summed E-state index contributed by atoms with van der Waals surface area (Å²) in [6.45, 7) is 8.32. The molecule has 0 radical (unpaired) electrons. The van der Waals surface area contributed by atoms with E-state index in [0.717, 1.165) is 10.5 Å². The first kappa shape index (κ1) is 25.6. The number of aliphatic hydroxyl groups is 1. The average molecular weight is 499 g/mol. The van der Waals surface area contributed by atoms with Crippen LogP contribution in [0.3, 0.4) is 0 Å². The van der Waals surface area contributed by atoms with E-state index in [0.29, 0.717) is 29.2 Å². The van der Waals surface area contributed by atoms with Gasteiger partial charge in [-0.25, -0.2) is 4.39 Å². The van der Waals surface area contributed by atoms with Crippen LogP contribution in [0.25, 0.3) is 5.76 Å². The Morgan fingerprint density at radius 2 is 1.76 bits per heavy atom. The first-order chi connectivity index (χ1) is 17.6. The maximum atomic E-state index is 15.1. The molecule has 1 N–H and O–H groups in total. The van der Waals surface area contributed by atoms with Gasteiger partial charge in [0.05, 0.1) is 29.9 Å². The molecule has 1 amide bonds. The number of benzene rings is 3. The number of nitrogens with zero attached hydrogens (tertiary/aromatic N) is 2. The molecule has 0 aromatic heterocycles. The standard InChI is InChI=1S/C30H27FN2O4/c1-5-37-24-15-12-19(16-22(24)30(2,3)4)27(34)25-26(21-8-6-7-9-23(21)31)33(29(36)28(25)35)20-13-10-18(17-32)11-14-20/h6-16,26,34H,5H2,1-4H3/b27-25+. The molecule has 0 bridgehead atoms. The Labute approximate surface area is 215 Å². The van der Waals surface area contributed by atoms with Crippen molar-refractivity contribution >= 4 is 23.1 Å². The Morgan fingerprint density at radius 3 is 2.35 bits per heavy atom. The van der Waals surface area contributed by atoms with Crippen molar-refractivity contribution in [3.8, 4) is 11.8 Å². The quantitative estimate of drug-likeness (QED) is 0.264. The number of rotatable bonds is 5. The molecule has 1 aliphatic rings. The van der Waals surface area contributed by atoms with Crippen LogP contribution in [0.1, 0.15) is 56.0 Å². The molecular formula is C30H27FN2O4. The van der Waals surface area contributed by atoms with Crippen LogP contribution >= 0.6 is 0 Å². The minimum atomic E-state index is -1.21. The highest BCUT2D eigenvalue weighted by Crippen LogP contribution is 2.43. The number of aliphatic hydroxyl groups excluding tert-OH is 1. The lowest BCUT2D eigenvalue weighted by molar-refractivity contribution is -0.132. The lowest BCUT2D eigenvalue weighted by atomic mass is 9.84. The van der Waals surface area contributed by atoms with Crippen molar-refractivity contribution in [2.75, 3.05) is 11.5 Å². The molecule has 1 saturated heterocycles. The zero-order chi connectivity index (χ0) is 26.9. The Balaban J connectivity index is 1.96. The summed E-state index contributed by atoms with van der Waals surface area (Å²) in [5, 5.41) is 20.6. The van der Waals surface area contributed by atoms with E-state index in [1.54, 1.807) is 24.3 Å². The van der Waals surface area contributed by atoms with Gasteiger partial charge in [-0.2, -0.15) is 5.26 Å². The summed E-state index contributed by atoms with van der Waals surface area (Å²) in [5.41, 5.74) is 1.29. The Hall–Kier alpha value is -4.44. The molecule has 1 fully saturated rings. The normalized spacial score (nSPS) is 17.1. The minimum Gasteiger partial charge on any atom is -0.507 e. The molecule has 1 unspecified atom stereocenters. The van der Waals surface area contributed by atoms with E-state index in [-0.39, 0.29) is 16.6 Å². The van der Waals surface area contributed by atoms with E-state index in [1.807, 2.05) is 33.8 Å². The van der Waals surface area contributed by atoms with Gasteiger partial charge < -0.3 is 9.84 Å². The summed E-state index contributed by atoms with van der Waals surface area (Å²) in [5.74, 6) is -2.21. The van der Waals surface area contributed by atoms with Crippen molar-refractivity contribution in [1.82, 2.24) is 0 Å². The first-order valence-corrected chi connectivity index (χ1v) is 11.9. The summed E-state index contributed by atoms with van der Waals surface area (Å²) in [6.07, 6.45) is 0. The molecule has 3 aromatic rings. The second-order valence-corrected chi connectivity index (χ2v) is 9.74. The zero-order valence-corrected chi connectivity index (χ0v) is 21.1. The van der Waals surface area contributed by atoms with Crippen LogP contribution in [0, 0.1) is 17.1 Å². The number of halogens is 1. The van der Waals surface area contributed by atoms with Crippen molar-refractivity contribution in [3.63, 3.8) is 0 Å². The smallest absolute Gasteiger partial charge is 0.300 e. The summed E-state index contributed by atoms with van der Waals surface area (Å²) in [7, 11) is 0. The zero-order valence-electron chi connectivity index (χ0n) is 21.1. The van der Waals surface area contributed by atoms with Gasteiger partial charge in [-0.15, -0.1) is 0 Å². The molecule has 37 heavy (non-hydrogen) atoms. The van der Waals surface area contributed by atoms with Crippen LogP contribution in [0.15, 0.2) is 72.3 Å². The number of ether oxygens (including phenoxy) is 1. The van der Waals surface area contributed by atoms with Crippen LogP contribution in [0.5, 0.6) is 5.75 Å². The summed E-state index contributed by atoms with van der Waals surface area (Å²) in [6, 6.07) is 17.7. The van der Waals surface area contributed by atoms with E-state index in [4.69, 9.17) is 10.00 Å². The monoisotopic (exact) mass is 498 g/mol. The number of hydrogen-bond acceptors (Lipinski definition) is 5. The van der Waals surface area contributed by atoms with Gasteiger partial charge in [0, 0.05) is 22.4 Å². The number of carbonyl (C=O) groups excluding carboxylic acids is 2. The maximum Gasteiger partial charge on any atom is 0.300 e. The van der Waals surface area contributed by atoms with Crippen molar-refractivity contribution in [3.05, 3.63) is 100 Å². The SMILES string of the molecule is CCOc1ccc(/C(O)=C2\C(=O)C(=O)N(c3ccc(C#N)cc3)C2c2ccccc2F)cc1C(C)(C)C. The molecule has 4 rings (SSSR count). The summed E-state index contributed by atoms with van der Waals surface area (Å²) >= 11 is 0. The van der Waals surface area contributed by atoms with E-state index in [1.165, 1.54) is 42.5 Å². The fourth-order valence-electron chi connectivity index (χ4n) is 4.49. The average Bonchev–Trinajstić information content (AvgIpc) is 3.13. The molecule has 1 heterocycles. The minimum absolute atomic E-state index is 0.0644. The third kappa shape index (κ3) is 4.70. The molecule has 0 aliphatic carbocycles. The van der Waals surface area contributed by atoms with Gasteiger partial charge in [0.2, 0.25) is 0 Å². The van der Waals surface area contributed by atoms with Gasteiger partial charge in [0.15, 0.2) is 0 Å². The molecule has 6 nitrogen and oxygen atoms in total. The van der Waals surface area contributed by atoms with Gasteiger partial charge in [-0.05, 0) is 60.9 Å². The van der Waals surface area contributed by atoms with E-state index < -0.39 is 29.3 Å². The molecule has 7 heteroatoms. The molecular weight excluding hydrogens is 471 g/mol. The number of nitriles is 1. The molecule has 1 aliphatic heterocycles. The van der Waals surface area contributed by atoms with Crippen molar-refractivity contribution in [2.45, 2.75) is 39.2 Å². The largest absolute Gasteiger partial charge is 0.507 e. The third-order valence-corrected chi connectivity index (χ3v) is 6.28.